The standard InChI is InChI=1S/C34H11O8P.2Na/c1-3-5-7-9-11-13-15-16-17-19-21-23-25-27-29-34(36)42-32(31-41-43(37,38)39)30-40-33(35)28-26-24-22-20-18-14-12-10-8-6-4-2;;/h1,32H,30-31H2,2H3,(H2,37,38,39);;/q;2*+1/p-2/t32-;;/m1../s1. The summed E-state index contributed by atoms with van der Waals surface area (Å²) in [5.41, 5.74) is 0. The van der Waals surface area contributed by atoms with Gasteiger partial charge in [-0.25, -0.2) is 9.59 Å². The van der Waals surface area contributed by atoms with Crippen LogP contribution in [-0.4, -0.2) is 31.3 Å². The molecule has 0 aliphatic heterocycles. The van der Waals surface area contributed by atoms with Crippen molar-refractivity contribution in [1.29, 1.82) is 0 Å². The van der Waals surface area contributed by atoms with Crippen LogP contribution in [-0.2, 0) is 28.2 Å². The average Bonchev–Trinajstić information content (AvgIpc) is 2.97. The van der Waals surface area contributed by atoms with Crippen molar-refractivity contribution in [2.75, 3.05) is 13.2 Å². The fraction of sp³-hybridized carbons (Fsp3) is 0.118. The van der Waals surface area contributed by atoms with Crippen molar-refractivity contribution in [1.82, 2.24) is 0 Å². The van der Waals surface area contributed by atoms with Crippen molar-refractivity contribution in [2.45, 2.75) is 13.0 Å². The van der Waals surface area contributed by atoms with Crippen molar-refractivity contribution in [3.8, 4) is 166 Å². The van der Waals surface area contributed by atoms with Gasteiger partial charge in [-0.15, -0.1) is 6.42 Å². The molecule has 45 heavy (non-hydrogen) atoms. The molecular weight excluding hydrogens is 613 g/mol. The Hall–Kier alpha value is -5.11. The molecule has 0 unspecified atom stereocenters. The van der Waals surface area contributed by atoms with E-state index in [1.54, 1.807) is 6.92 Å². The summed E-state index contributed by atoms with van der Waals surface area (Å²) in [6.07, 6.45) is 3.39. The van der Waals surface area contributed by atoms with E-state index in [2.05, 4.69) is 153 Å². The molecule has 0 bridgehead atoms. The maximum absolute atomic E-state index is 11.9. The summed E-state index contributed by atoms with van der Waals surface area (Å²) in [5.74, 6) is 60.1. The molecule has 200 valence electrons. The van der Waals surface area contributed by atoms with Crippen LogP contribution < -0.4 is 68.9 Å². The van der Waals surface area contributed by atoms with Crippen molar-refractivity contribution in [3.63, 3.8) is 0 Å². The molecule has 0 radical (unpaired) electrons. The van der Waals surface area contributed by atoms with E-state index in [1.807, 2.05) is 11.8 Å². The zero-order chi connectivity index (χ0) is 31.9. The first-order valence-electron chi connectivity index (χ1n) is 10.7. The van der Waals surface area contributed by atoms with Crippen LogP contribution in [0.3, 0.4) is 0 Å². The summed E-state index contributed by atoms with van der Waals surface area (Å²) in [5, 5.41) is 0. The third-order valence-electron chi connectivity index (χ3n) is 2.93. The van der Waals surface area contributed by atoms with Gasteiger partial charge in [-0.2, -0.15) is 0 Å². The van der Waals surface area contributed by atoms with Crippen molar-refractivity contribution in [3.05, 3.63) is 0 Å². The Bertz CT molecular complexity index is 2050. The number of phosphoric acid groups is 1. The third kappa shape index (κ3) is 35.0. The minimum atomic E-state index is -5.43. The Morgan fingerprint density at radius 2 is 0.956 bits per heavy atom. The van der Waals surface area contributed by atoms with E-state index >= 15 is 0 Å². The average molecular weight is 622 g/mol. The summed E-state index contributed by atoms with van der Waals surface area (Å²) < 4.78 is 24.4. The minimum Gasteiger partial charge on any atom is -0.790 e. The molecule has 0 rings (SSSR count). The topological polar surface area (TPSA) is 125 Å². The van der Waals surface area contributed by atoms with Crippen molar-refractivity contribution < 1.29 is 97.1 Å². The molecule has 0 saturated heterocycles. The number of hydrogen-bond acceptors (Lipinski definition) is 8. The SMILES string of the molecule is C#CC#CC#CC#CC#CC#CC#CC#CC(=O)O[C@H](COC(=O)C#CC#CC#CC#CC#CC#CC)COP(=O)([O-])[O-].[Na+].[Na+]. The molecule has 8 nitrogen and oxygen atoms in total. The van der Waals surface area contributed by atoms with E-state index in [4.69, 9.17) is 15.9 Å². The predicted molar refractivity (Wildman–Crippen MR) is 150 cm³/mol. The van der Waals surface area contributed by atoms with Gasteiger partial charge in [-0.1, -0.05) is 5.92 Å². The second-order valence-electron chi connectivity index (χ2n) is 5.89. The molecule has 0 aliphatic rings. The van der Waals surface area contributed by atoms with Crippen molar-refractivity contribution >= 4 is 19.8 Å². The summed E-state index contributed by atoms with van der Waals surface area (Å²) in [4.78, 5) is 45.1. The monoisotopic (exact) mass is 622 g/mol. The zero-order valence-corrected chi connectivity index (χ0v) is 28.7. The maximum atomic E-state index is 11.9. The van der Waals surface area contributed by atoms with E-state index in [0.717, 1.165) is 0 Å². The van der Waals surface area contributed by atoms with Crippen molar-refractivity contribution in [2.24, 2.45) is 0 Å². The van der Waals surface area contributed by atoms with Gasteiger partial charge in [0, 0.05) is 11.8 Å². The van der Waals surface area contributed by atoms with Gasteiger partial charge >= 0.3 is 71.1 Å². The molecule has 0 aromatic rings. The number of ether oxygens (including phenoxy) is 2. The second-order valence-corrected chi connectivity index (χ2v) is 7.04. The Balaban J connectivity index is -0.00000882. The Morgan fingerprint density at radius 3 is 1.33 bits per heavy atom. The zero-order valence-electron chi connectivity index (χ0n) is 23.8. The second kappa shape index (κ2) is 31.8. The fourth-order valence-corrected chi connectivity index (χ4v) is 1.88. The van der Waals surface area contributed by atoms with Gasteiger partial charge in [0.2, 0.25) is 0 Å². The summed E-state index contributed by atoms with van der Waals surface area (Å²) >= 11 is 0. The molecule has 0 heterocycles. The van der Waals surface area contributed by atoms with E-state index in [9.17, 15) is 23.9 Å². The summed E-state index contributed by atoms with van der Waals surface area (Å²) in [6, 6.07) is 0. The Labute approximate surface area is 306 Å². The van der Waals surface area contributed by atoms with Crippen LogP contribution >= 0.6 is 7.82 Å². The third-order valence-corrected chi connectivity index (χ3v) is 3.40. The number of terminal acetylenes is 1. The number of phosphoric ester groups is 1. The van der Waals surface area contributed by atoms with Crippen LogP contribution in [0.5, 0.6) is 0 Å². The fourth-order valence-electron chi connectivity index (χ4n) is 1.53. The molecular formula is C34H9Na2O8P. The smallest absolute Gasteiger partial charge is 0.790 e. The quantitative estimate of drug-likeness (QED) is 0.0942. The van der Waals surface area contributed by atoms with Crippen LogP contribution in [0.2, 0.25) is 0 Å². The minimum absolute atomic E-state index is 0. The number of esters is 2. The number of hydrogen-bond donors (Lipinski definition) is 0. The Kier molecular flexibility index (Phi) is 31.3. The van der Waals surface area contributed by atoms with Gasteiger partial charge in [0.1, 0.15) is 6.61 Å². The van der Waals surface area contributed by atoms with Crippen LogP contribution in [0.1, 0.15) is 6.92 Å². The van der Waals surface area contributed by atoms with E-state index in [1.165, 1.54) is 0 Å². The normalized spacial score (nSPS) is 6.98. The molecule has 1 atom stereocenters. The van der Waals surface area contributed by atoms with Gasteiger partial charge in [0.05, 0.1) is 14.4 Å². The first-order valence-corrected chi connectivity index (χ1v) is 12.2. The van der Waals surface area contributed by atoms with Crippen LogP contribution in [0.4, 0.5) is 0 Å². The molecule has 0 spiro atoms. The molecule has 0 aromatic heterocycles. The number of carbonyl (C=O) groups is 2. The molecule has 11 heteroatoms. The van der Waals surface area contributed by atoms with Crippen LogP contribution in [0.25, 0.3) is 0 Å². The maximum Gasteiger partial charge on any atom is 1.00 e. The number of carbonyl (C=O) groups excluding carboxylic acids is 2. The molecule has 0 aromatic carbocycles. The van der Waals surface area contributed by atoms with Crippen LogP contribution in [0.15, 0.2) is 0 Å². The number of rotatable bonds is 6. The summed E-state index contributed by atoms with van der Waals surface area (Å²) in [7, 11) is -5.43. The molecule has 0 amide bonds. The van der Waals surface area contributed by atoms with Gasteiger partial charge in [0.25, 0.3) is 0 Å². The van der Waals surface area contributed by atoms with Gasteiger partial charge < -0.3 is 28.3 Å². The largest absolute Gasteiger partial charge is 1.00 e. The molecule has 0 fully saturated rings. The van der Waals surface area contributed by atoms with E-state index in [0.29, 0.717) is 0 Å². The molecule has 0 N–H and O–H groups in total. The first-order chi connectivity index (χ1) is 20.8. The van der Waals surface area contributed by atoms with Gasteiger partial charge in [0.15, 0.2) is 6.10 Å². The van der Waals surface area contributed by atoms with Gasteiger partial charge in [-0.3, -0.25) is 0 Å². The van der Waals surface area contributed by atoms with E-state index in [-0.39, 0.29) is 59.1 Å². The Morgan fingerprint density at radius 1 is 0.600 bits per heavy atom. The van der Waals surface area contributed by atoms with Crippen LogP contribution in [0, 0.1) is 166 Å². The van der Waals surface area contributed by atoms with E-state index < -0.39 is 39.1 Å². The predicted octanol–water partition coefficient (Wildman–Crippen LogP) is -8.01. The molecule has 0 aliphatic carbocycles. The van der Waals surface area contributed by atoms with Gasteiger partial charge in [-0.05, 0) is 149 Å². The molecule has 0 saturated carbocycles. The first kappa shape index (κ1) is 44.3. The summed E-state index contributed by atoms with van der Waals surface area (Å²) in [6.45, 7) is -0.0489.